The number of halogens is 2. The van der Waals surface area contributed by atoms with Gasteiger partial charge in [0.2, 0.25) is 5.91 Å². The van der Waals surface area contributed by atoms with Gasteiger partial charge < -0.3 is 5.73 Å². The van der Waals surface area contributed by atoms with Crippen LogP contribution < -0.4 is 5.73 Å². The van der Waals surface area contributed by atoms with Crippen molar-refractivity contribution in [1.82, 2.24) is 24.6 Å². The summed E-state index contributed by atoms with van der Waals surface area (Å²) in [5.41, 5.74) is 11.0. The second-order valence-electron chi connectivity index (χ2n) is 9.81. The monoisotopic (exact) mass is 512 g/mol. The molecule has 2 aliphatic rings. The zero-order valence-corrected chi connectivity index (χ0v) is 21.7. The Balaban J connectivity index is 1.46. The summed E-state index contributed by atoms with van der Waals surface area (Å²) >= 11 is 12.6. The predicted molar refractivity (Wildman–Crippen MR) is 139 cm³/mol. The number of benzene rings is 1. The summed E-state index contributed by atoms with van der Waals surface area (Å²) in [4.78, 5) is 24.0. The maximum absolute atomic E-state index is 11.9. The van der Waals surface area contributed by atoms with Crippen molar-refractivity contribution in [2.75, 3.05) is 6.54 Å². The second kappa shape index (κ2) is 9.52. The Labute approximate surface area is 215 Å². The lowest BCUT2D eigenvalue weighted by molar-refractivity contribution is -0.123. The molecule has 7 nitrogen and oxygen atoms in total. The van der Waals surface area contributed by atoms with Gasteiger partial charge in [0.1, 0.15) is 5.52 Å². The van der Waals surface area contributed by atoms with Crippen LogP contribution in [0.25, 0.3) is 16.7 Å². The smallest absolute Gasteiger partial charge is 0.234 e. The summed E-state index contributed by atoms with van der Waals surface area (Å²) in [6.07, 6.45) is 7.73. The van der Waals surface area contributed by atoms with Crippen LogP contribution in [0.3, 0.4) is 0 Å². The summed E-state index contributed by atoms with van der Waals surface area (Å²) in [7, 11) is 0. The van der Waals surface area contributed by atoms with Crippen LogP contribution in [0, 0.1) is 12.8 Å². The molecular weight excluding hydrogens is 483 g/mol. The van der Waals surface area contributed by atoms with Gasteiger partial charge >= 0.3 is 0 Å². The number of aryl methyl sites for hydroxylation is 1. The van der Waals surface area contributed by atoms with Crippen LogP contribution in [0.1, 0.15) is 62.5 Å². The van der Waals surface area contributed by atoms with Gasteiger partial charge in [0.05, 0.1) is 29.7 Å². The molecule has 1 fully saturated rings. The fraction of sp³-hybridized carbons (Fsp3) is 0.462. The van der Waals surface area contributed by atoms with Crippen molar-refractivity contribution in [2.24, 2.45) is 11.7 Å². The second-order valence-corrected chi connectivity index (χ2v) is 10.7. The molecule has 1 amide bonds. The first kappa shape index (κ1) is 24.2. The minimum atomic E-state index is -0.209. The van der Waals surface area contributed by atoms with Gasteiger partial charge in [-0.3, -0.25) is 9.69 Å². The zero-order valence-electron chi connectivity index (χ0n) is 20.2. The summed E-state index contributed by atoms with van der Waals surface area (Å²) in [6, 6.07) is 5.55. The Bertz CT molecular complexity index is 1320. The lowest BCUT2D eigenvalue weighted by Crippen LogP contribution is -2.48. The van der Waals surface area contributed by atoms with E-state index in [4.69, 9.17) is 44.0 Å². The Kier molecular flexibility index (Phi) is 6.59. The van der Waals surface area contributed by atoms with Gasteiger partial charge in [-0.2, -0.15) is 5.10 Å². The van der Waals surface area contributed by atoms with Gasteiger partial charge in [0, 0.05) is 16.1 Å². The number of hydrogen-bond donors (Lipinski definition) is 1. The highest BCUT2D eigenvalue weighted by Crippen LogP contribution is 2.37. The molecule has 5 rings (SSSR count). The van der Waals surface area contributed by atoms with E-state index in [0.717, 1.165) is 60.3 Å². The van der Waals surface area contributed by atoms with Crippen molar-refractivity contribution in [3.8, 4) is 0 Å². The molecule has 1 saturated heterocycles. The van der Waals surface area contributed by atoms with E-state index < -0.39 is 0 Å². The molecule has 0 saturated carbocycles. The minimum absolute atomic E-state index is 0.134. The van der Waals surface area contributed by atoms with Crippen LogP contribution in [-0.2, 0) is 4.79 Å². The van der Waals surface area contributed by atoms with Gasteiger partial charge in [-0.1, -0.05) is 42.3 Å². The molecule has 0 bridgehead atoms. The number of allylic oxidation sites excluding steroid dienone is 1. The summed E-state index contributed by atoms with van der Waals surface area (Å²) in [5.74, 6) is 0.172. The quantitative estimate of drug-likeness (QED) is 0.508. The molecule has 1 aromatic carbocycles. The molecule has 3 heterocycles. The highest BCUT2D eigenvalue weighted by molar-refractivity contribution is 6.35. The molecule has 35 heavy (non-hydrogen) atoms. The maximum Gasteiger partial charge on any atom is 0.234 e. The lowest BCUT2D eigenvalue weighted by Gasteiger charge is -2.38. The number of nitrogens with two attached hydrogens (primary N) is 1. The third-order valence-electron chi connectivity index (χ3n) is 7.53. The molecule has 4 atom stereocenters. The molecule has 9 heteroatoms. The van der Waals surface area contributed by atoms with Crippen LogP contribution in [0.5, 0.6) is 0 Å². The fourth-order valence-corrected chi connectivity index (χ4v) is 6.24. The van der Waals surface area contributed by atoms with Crippen molar-refractivity contribution in [3.05, 3.63) is 57.5 Å². The number of carbonyl (C=O) groups excluding carboxylic acids is 1. The average Bonchev–Trinajstić information content (AvgIpc) is 3.43. The number of rotatable bonds is 5. The Hall–Kier alpha value is -2.48. The van der Waals surface area contributed by atoms with Crippen molar-refractivity contribution in [2.45, 2.75) is 64.6 Å². The van der Waals surface area contributed by atoms with Crippen molar-refractivity contribution >= 4 is 45.8 Å². The number of nitrogens with zero attached hydrogens (tertiary/aromatic N) is 5. The topological polar surface area (TPSA) is 89.9 Å². The number of likely N-dealkylation sites (tertiary alicyclic amines) is 1. The Morgan fingerprint density at radius 2 is 2.09 bits per heavy atom. The van der Waals surface area contributed by atoms with Crippen molar-refractivity contribution < 1.29 is 4.79 Å². The maximum atomic E-state index is 11.9. The van der Waals surface area contributed by atoms with E-state index in [9.17, 15) is 4.79 Å². The van der Waals surface area contributed by atoms with Crippen molar-refractivity contribution in [1.29, 1.82) is 0 Å². The Morgan fingerprint density at radius 1 is 1.29 bits per heavy atom. The highest BCUT2D eigenvalue weighted by atomic mass is 35.5. The zero-order chi connectivity index (χ0) is 24.9. The van der Waals surface area contributed by atoms with E-state index >= 15 is 0 Å². The molecule has 2 N–H and O–H groups in total. The normalized spacial score (nSPS) is 24.0. The molecule has 0 spiro atoms. The van der Waals surface area contributed by atoms with Crippen LogP contribution in [0.15, 0.2) is 30.5 Å². The predicted octanol–water partition coefficient (Wildman–Crippen LogP) is 5.18. The summed E-state index contributed by atoms with van der Waals surface area (Å²) in [5, 5.41) is 5.95. The summed E-state index contributed by atoms with van der Waals surface area (Å²) < 4.78 is 1.90. The van der Waals surface area contributed by atoms with Gasteiger partial charge in [-0.05, 0) is 75.3 Å². The standard InChI is InChI=1S/C26H30Cl2N6O/c1-14-11-17(6-9-22(14)33-10-4-5-23(33)25(29)35)21-13-30-24-15(2)32-34(26(24)31-21)16(3)19-8-7-18(27)12-20(19)28/h6-8,12-14,16,22-23H,4-5,9-11H2,1-3H3,(H2,29,35)/t14-,16?,22?,23?/m1/s1. The minimum Gasteiger partial charge on any atom is -0.368 e. The van der Waals surface area contributed by atoms with Gasteiger partial charge in [0.15, 0.2) is 5.65 Å². The van der Waals surface area contributed by atoms with Gasteiger partial charge in [-0.15, -0.1) is 0 Å². The molecular formula is C26H30Cl2N6O. The number of carbonyl (C=O) groups is 1. The van der Waals surface area contributed by atoms with Crippen LogP contribution >= 0.6 is 23.2 Å². The van der Waals surface area contributed by atoms with E-state index in [1.807, 2.05) is 36.9 Å². The van der Waals surface area contributed by atoms with Gasteiger partial charge in [-0.25, -0.2) is 14.6 Å². The van der Waals surface area contributed by atoms with Gasteiger partial charge in [0.25, 0.3) is 0 Å². The molecule has 3 aromatic rings. The van der Waals surface area contributed by atoms with Crippen LogP contribution in [-0.4, -0.2) is 49.2 Å². The van der Waals surface area contributed by atoms with E-state index in [2.05, 4.69) is 17.9 Å². The van der Waals surface area contributed by atoms with E-state index in [1.54, 1.807) is 6.07 Å². The fourth-order valence-electron chi connectivity index (χ4n) is 5.67. The Morgan fingerprint density at radius 3 is 2.80 bits per heavy atom. The number of fused-ring (bicyclic) bond motifs is 1. The molecule has 1 aliphatic carbocycles. The molecule has 2 aromatic heterocycles. The van der Waals surface area contributed by atoms with E-state index in [1.165, 1.54) is 5.57 Å². The molecule has 184 valence electrons. The first-order chi connectivity index (χ1) is 16.7. The number of aromatic nitrogens is 4. The highest BCUT2D eigenvalue weighted by Gasteiger charge is 2.37. The van der Waals surface area contributed by atoms with E-state index in [0.29, 0.717) is 22.0 Å². The SMILES string of the molecule is Cc1nn(C(C)c2ccc(Cl)cc2Cl)c2nc(C3=CCC(N4CCCC4C(N)=O)[C@H](C)C3)cnc12. The van der Waals surface area contributed by atoms with Crippen LogP contribution in [0.4, 0.5) is 0 Å². The molecule has 1 aliphatic heterocycles. The number of amides is 1. The van der Waals surface area contributed by atoms with Crippen molar-refractivity contribution in [3.63, 3.8) is 0 Å². The average molecular weight is 513 g/mol. The lowest BCUT2D eigenvalue weighted by atomic mass is 9.83. The number of hydrogen-bond acceptors (Lipinski definition) is 5. The largest absolute Gasteiger partial charge is 0.368 e. The number of primary amides is 1. The van der Waals surface area contributed by atoms with Crippen LogP contribution in [0.2, 0.25) is 10.0 Å². The first-order valence-electron chi connectivity index (χ1n) is 12.2. The third kappa shape index (κ3) is 4.46. The molecule has 3 unspecified atom stereocenters. The van der Waals surface area contributed by atoms with E-state index in [-0.39, 0.29) is 18.0 Å². The molecule has 0 radical (unpaired) electrons. The first-order valence-corrected chi connectivity index (χ1v) is 12.9. The third-order valence-corrected chi connectivity index (χ3v) is 8.10. The summed E-state index contributed by atoms with van der Waals surface area (Å²) in [6.45, 7) is 7.17.